The third-order valence-electron chi connectivity index (χ3n) is 2.40. The molecule has 1 rings (SSSR count). The van der Waals surface area contributed by atoms with Gasteiger partial charge in [0, 0.05) is 25.6 Å². The first-order valence-corrected chi connectivity index (χ1v) is 6.02. The topological polar surface area (TPSA) is 54.5 Å². The summed E-state index contributed by atoms with van der Waals surface area (Å²) >= 11 is 1.15. The van der Waals surface area contributed by atoms with Crippen molar-refractivity contribution >= 4 is 29.1 Å². The molecule has 0 saturated carbocycles. The van der Waals surface area contributed by atoms with Crippen molar-refractivity contribution in [1.29, 1.82) is 0 Å². The minimum absolute atomic E-state index is 0.0154. The standard InChI is InChI=1S/C10H15NO3S/c1-8(13)15-6-4-10(14)11-5-2-3-9(11)7-12/h7,9H,2-6H2,1H3. The highest BCUT2D eigenvalue weighted by atomic mass is 32.2. The highest BCUT2D eigenvalue weighted by Gasteiger charge is 2.27. The molecule has 1 aliphatic rings. The summed E-state index contributed by atoms with van der Waals surface area (Å²) in [5, 5.41) is 0.0242. The molecule has 1 atom stereocenters. The van der Waals surface area contributed by atoms with Crippen molar-refractivity contribution in [1.82, 2.24) is 4.90 Å². The Kier molecular flexibility index (Phi) is 4.81. The van der Waals surface area contributed by atoms with Gasteiger partial charge in [0.25, 0.3) is 0 Å². The van der Waals surface area contributed by atoms with E-state index in [2.05, 4.69) is 0 Å². The first kappa shape index (κ1) is 12.2. The fraction of sp³-hybridized carbons (Fsp3) is 0.700. The van der Waals surface area contributed by atoms with E-state index in [9.17, 15) is 14.4 Å². The normalized spacial score (nSPS) is 20.3. The Bertz CT molecular complexity index is 267. The lowest BCUT2D eigenvalue weighted by Crippen LogP contribution is -2.36. The molecule has 0 radical (unpaired) electrons. The molecule has 1 aliphatic heterocycles. The summed E-state index contributed by atoms with van der Waals surface area (Å²) in [4.78, 5) is 34.6. The lowest BCUT2D eigenvalue weighted by atomic mass is 10.2. The molecule has 1 unspecified atom stereocenters. The highest BCUT2D eigenvalue weighted by Crippen LogP contribution is 2.17. The van der Waals surface area contributed by atoms with Crippen LogP contribution in [0.1, 0.15) is 26.2 Å². The van der Waals surface area contributed by atoms with Gasteiger partial charge >= 0.3 is 0 Å². The molecule has 1 amide bonds. The molecule has 4 nitrogen and oxygen atoms in total. The summed E-state index contributed by atoms with van der Waals surface area (Å²) in [6, 6.07) is -0.236. The van der Waals surface area contributed by atoms with Crippen molar-refractivity contribution < 1.29 is 14.4 Å². The minimum Gasteiger partial charge on any atom is -0.333 e. The first-order chi connectivity index (χ1) is 7.15. The van der Waals surface area contributed by atoms with Crippen LogP contribution in [0.15, 0.2) is 0 Å². The lowest BCUT2D eigenvalue weighted by Gasteiger charge is -2.19. The maximum Gasteiger partial charge on any atom is 0.224 e. The van der Waals surface area contributed by atoms with Gasteiger partial charge in [-0.3, -0.25) is 9.59 Å². The van der Waals surface area contributed by atoms with Gasteiger partial charge in [-0.2, -0.15) is 0 Å². The van der Waals surface area contributed by atoms with E-state index in [1.165, 1.54) is 6.92 Å². The molecular formula is C10H15NO3S. The zero-order valence-electron chi connectivity index (χ0n) is 8.77. The Hall–Kier alpha value is -0.840. The number of aldehydes is 1. The summed E-state index contributed by atoms with van der Waals surface area (Å²) in [6.07, 6.45) is 2.85. The van der Waals surface area contributed by atoms with Crippen molar-refractivity contribution in [2.75, 3.05) is 12.3 Å². The van der Waals surface area contributed by atoms with E-state index >= 15 is 0 Å². The molecule has 0 aromatic heterocycles. The van der Waals surface area contributed by atoms with E-state index in [0.717, 1.165) is 30.9 Å². The Morgan fingerprint density at radius 3 is 2.87 bits per heavy atom. The van der Waals surface area contributed by atoms with Crippen LogP contribution in [0, 0.1) is 0 Å². The number of carbonyl (C=O) groups is 3. The second-order valence-electron chi connectivity index (χ2n) is 3.52. The van der Waals surface area contributed by atoms with Crippen LogP contribution in [0.2, 0.25) is 0 Å². The fourth-order valence-electron chi connectivity index (χ4n) is 1.67. The number of rotatable bonds is 4. The molecule has 84 valence electrons. The monoisotopic (exact) mass is 229 g/mol. The Balaban J connectivity index is 2.33. The quantitative estimate of drug-likeness (QED) is 0.670. The third-order valence-corrected chi connectivity index (χ3v) is 3.21. The maximum absolute atomic E-state index is 11.6. The lowest BCUT2D eigenvalue weighted by molar-refractivity contribution is -0.134. The molecular weight excluding hydrogens is 214 g/mol. The van der Waals surface area contributed by atoms with Gasteiger partial charge in [0.15, 0.2) is 5.12 Å². The van der Waals surface area contributed by atoms with Crippen LogP contribution >= 0.6 is 11.8 Å². The van der Waals surface area contributed by atoms with E-state index in [0.29, 0.717) is 18.7 Å². The van der Waals surface area contributed by atoms with Crippen LogP contribution in [0.25, 0.3) is 0 Å². The second kappa shape index (κ2) is 5.90. The molecule has 0 aromatic rings. The van der Waals surface area contributed by atoms with Crippen LogP contribution in [0.4, 0.5) is 0 Å². The van der Waals surface area contributed by atoms with E-state index in [1.807, 2.05) is 0 Å². The molecule has 5 heteroatoms. The number of hydrogen-bond donors (Lipinski definition) is 0. The largest absolute Gasteiger partial charge is 0.333 e. The average Bonchev–Trinajstić information content (AvgIpc) is 2.64. The molecule has 0 bridgehead atoms. The number of thioether (sulfide) groups is 1. The fourth-order valence-corrected chi connectivity index (χ4v) is 2.23. The molecule has 15 heavy (non-hydrogen) atoms. The van der Waals surface area contributed by atoms with Gasteiger partial charge in [-0.1, -0.05) is 11.8 Å². The highest BCUT2D eigenvalue weighted by molar-refractivity contribution is 8.13. The van der Waals surface area contributed by atoms with Gasteiger partial charge in [0.2, 0.25) is 5.91 Å². The number of hydrogen-bond acceptors (Lipinski definition) is 4. The van der Waals surface area contributed by atoms with Gasteiger partial charge < -0.3 is 9.69 Å². The molecule has 1 fully saturated rings. The zero-order chi connectivity index (χ0) is 11.3. The van der Waals surface area contributed by atoms with Crippen LogP contribution in [-0.2, 0) is 14.4 Å². The van der Waals surface area contributed by atoms with Gasteiger partial charge in [-0.15, -0.1) is 0 Å². The van der Waals surface area contributed by atoms with Gasteiger partial charge in [-0.05, 0) is 12.8 Å². The Morgan fingerprint density at radius 1 is 1.53 bits per heavy atom. The molecule has 1 heterocycles. The number of likely N-dealkylation sites (tertiary alicyclic amines) is 1. The van der Waals surface area contributed by atoms with Gasteiger partial charge in [-0.25, -0.2) is 0 Å². The van der Waals surface area contributed by atoms with Crippen LogP contribution in [0.5, 0.6) is 0 Å². The predicted molar refractivity (Wildman–Crippen MR) is 58.6 cm³/mol. The minimum atomic E-state index is -0.236. The number of carbonyl (C=O) groups excluding carboxylic acids is 3. The second-order valence-corrected chi connectivity index (χ2v) is 4.79. The smallest absolute Gasteiger partial charge is 0.224 e. The summed E-state index contributed by atoms with van der Waals surface area (Å²) in [5.74, 6) is 0.495. The van der Waals surface area contributed by atoms with E-state index in [4.69, 9.17) is 0 Å². The van der Waals surface area contributed by atoms with Crippen LogP contribution in [-0.4, -0.2) is 40.5 Å². The van der Waals surface area contributed by atoms with Crippen molar-refractivity contribution in [3.63, 3.8) is 0 Å². The number of amides is 1. The zero-order valence-corrected chi connectivity index (χ0v) is 9.59. The third kappa shape index (κ3) is 3.66. The van der Waals surface area contributed by atoms with Gasteiger partial charge in [0.1, 0.15) is 6.29 Å². The van der Waals surface area contributed by atoms with Crippen molar-refractivity contribution in [3.05, 3.63) is 0 Å². The predicted octanol–water partition coefficient (Wildman–Crippen LogP) is 0.846. The summed E-state index contributed by atoms with van der Waals surface area (Å²) < 4.78 is 0. The summed E-state index contributed by atoms with van der Waals surface area (Å²) in [5.41, 5.74) is 0. The van der Waals surface area contributed by atoms with Crippen LogP contribution in [0.3, 0.4) is 0 Å². The number of nitrogens with zero attached hydrogens (tertiary/aromatic N) is 1. The molecule has 0 aromatic carbocycles. The van der Waals surface area contributed by atoms with Crippen molar-refractivity contribution in [2.45, 2.75) is 32.2 Å². The molecule has 1 saturated heterocycles. The van der Waals surface area contributed by atoms with Crippen molar-refractivity contribution in [3.8, 4) is 0 Å². The summed E-state index contributed by atoms with van der Waals surface area (Å²) in [6.45, 7) is 2.16. The Morgan fingerprint density at radius 2 is 2.27 bits per heavy atom. The van der Waals surface area contributed by atoms with Gasteiger partial charge in [0.05, 0.1) is 6.04 Å². The Labute approximate surface area is 93.4 Å². The average molecular weight is 229 g/mol. The van der Waals surface area contributed by atoms with E-state index in [-0.39, 0.29) is 17.1 Å². The molecule has 0 N–H and O–H groups in total. The molecule has 0 aliphatic carbocycles. The SMILES string of the molecule is CC(=O)SCCC(=O)N1CCCC1C=O. The van der Waals surface area contributed by atoms with E-state index in [1.54, 1.807) is 4.90 Å². The summed E-state index contributed by atoms with van der Waals surface area (Å²) in [7, 11) is 0. The van der Waals surface area contributed by atoms with Crippen LogP contribution < -0.4 is 0 Å². The molecule has 0 spiro atoms. The van der Waals surface area contributed by atoms with E-state index < -0.39 is 0 Å². The van der Waals surface area contributed by atoms with Crippen molar-refractivity contribution in [2.24, 2.45) is 0 Å². The maximum atomic E-state index is 11.6. The first-order valence-electron chi connectivity index (χ1n) is 5.03.